The zero-order valence-electron chi connectivity index (χ0n) is 12.2. The molecule has 1 aromatic carbocycles. The summed E-state index contributed by atoms with van der Waals surface area (Å²) >= 11 is 0. The lowest BCUT2D eigenvalue weighted by Gasteiger charge is -2.30. The molecule has 1 fully saturated rings. The Morgan fingerprint density at radius 1 is 1.09 bits per heavy atom. The quantitative estimate of drug-likeness (QED) is 0.853. The number of benzene rings is 1. The summed E-state index contributed by atoms with van der Waals surface area (Å²) in [4.78, 5) is 15.7. The van der Waals surface area contributed by atoms with Crippen LogP contribution in [0.15, 0.2) is 36.0 Å². The molecule has 0 aromatic heterocycles. The molecule has 1 saturated heterocycles. The van der Waals surface area contributed by atoms with Crippen molar-refractivity contribution in [2.75, 3.05) is 37.7 Å². The Bertz CT molecular complexity index is 607. The molecule has 0 atom stereocenters. The third-order valence-electron chi connectivity index (χ3n) is 3.68. The van der Waals surface area contributed by atoms with Gasteiger partial charge in [-0.1, -0.05) is 0 Å². The predicted molar refractivity (Wildman–Crippen MR) is 76.0 cm³/mol. The first-order valence-corrected chi connectivity index (χ1v) is 7.13. The van der Waals surface area contributed by atoms with E-state index in [1.807, 2.05) is 0 Å². The summed E-state index contributed by atoms with van der Waals surface area (Å²) in [6, 6.07) is 5.27. The molecule has 1 amide bonds. The maximum atomic E-state index is 12.2. The first kappa shape index (κ1) is 15.7. The van der Waals surface area contributed by atoms with Crippen LogP contribution in [0.25, 0.3) is 0 Å². The molecular formula is C15H15F3N2O3. The third kappa shape index (κ3) is 3.76. The monoisotopic (exact) mass is 328 g/mol. The van der Waals surface area contributed by atoms with Crippen LogP contribution in [0.1, 0.15) is 0 Å². The molecule has 5 nitrogen and oxygen atoms in total. The Labute approximate surface area is 130 Å². The molecule has 1 aromatic rings. The largest absolute Gasteiger partial charge is 0.573 e. The van der Waals surface area contributed by atoms with Crippen molar-refractivity contribution >= 4 is 11.6 Å². The summed E-state index contributed by atoms with van der Waals surface area (Å²) < 4.78 is 45.6. The van der Waals surface area contributed by atoms with Crippen LogP contribution in [0, 0.1) is 0 Å². The summed E-state index contributed by atoms with van der Waals surface area (Å²) in [6.45, 7) is 3.10. The lowest BCUT2D eigenvalue weighted by molar-refractivity contribution is -0.274. The van der Waals surface area contributed by atoms with Gasteiger partial charge in [-0.25, -0.2) is 0 Å². The average Bonchev–Trinajstić information content (AvgIpc) is 2.89. The van der Waals surface area contributed by atoms with Crippen molar-refractivity contribution in [1.29, 1.82) is 0 Å². The summed E-state index contributed by atoms with van der Waals surface area (Å²) in [6.07, 6.45) is -3.17. The fourth-order valence-electron chi connectivity index (χ4n) is 2.59. The number of hydrogen-bond donors (Lipinski definition) is 0. The van der Waals surface area contributed by atoms with Crippen molar-refractivity contribution in [2.45, 2.75) is 6.36 Å². The fourth-order valence-corrected chi connectivity index (χ4v) is 2.59. The van der Waals surface area contributed by atoms with Crippen LogP contribution in [0.4, 0.5) is 18.9 Å². The van der Waals surface area contributed by atoms with Gasteiger partial charge in [0.25, 0.3) is 5.91 Å². The van der Waals surface area contributed by atoms with E-state index in [0.717, 1.165) is 18.8 Å². The molecule has 8 heteroatoms. The number of carbonyl (C=O) groups excluding carboxylic acids is 1. The van der Waals surface area contributed by atoms with Gasteiger partial charge in [0.1, 0.15) is 5.75 Å². The SMILES string of the molecule is O=C1C=C(N2CCOCC2)CN1c1ccc(OC(F)(F)F)cc1. The molecule has 2 aliphatic rings. The number of alkyl halides is 3. The number of halogens is 3. The summed E-state index contributed by atoms with van der Waals surface area (Å²) in [5.41, 5.74) is 1.43. The number of nitrogens with zero attached hydrogens (tertiary/aromatic N) is 2. The maximum absolute atomic E-state index is 12.2. The Kier molecular flexibility index (Phi) is 4.16. The van der Waals surface area contributed by atoms with Crippen LogP contribution in [-0.2, 0) is 9.53 Å². The van der Waals surface area contributed by atoms with Gasteiger partial charge in [0.2, 0.25) is 0 Å². The second kappa shape index (κ2) is 6.11. The van der Waals surface area contributed by atoms with Gasteiger partial charge in [0.05, 0.1) is 19.8 Å². The summed E-state index contributed by atoms with van der Waals surface area (Å²) in [5.74, 6) is -0.495. The van der Waals surface area contributed by atoms with Gasteiger partial charge in [-0.2, -0.15) is 0 Å². The van der Waals surface area contributed by atoms with E-state index in [0.29, 0.717) is 25.4 Å². The van der Waals surface area contributed by atoms with Crippen molar-refractivity contribution in [3.8, 4) is 5.75 Å². The molecule has 0 N–H and O–H groups in total. The van der Waals surface area contributed by atoms with Crippen LogP contribution in [0.3, 0.4) is 0 Å². The number of amides is 1. The Morgan fingerprint density at radius 3 is 2.35 bits per heavy atom. The average molecular weight is 328 g/mol. The normalized spacial score (nSPS) is 19.1. The minimum atomic E-state index is -4.73. The molecule has 0 aliphatic carbocycles. The van der Waals surface area contributed by atoms with E-state index in [1.165, 1.54) is 29.2 Å². The number of ether oxygens (including phenoxy) is 2. The molecule has 124 valence electrons. The van der Waals surface area contributed by atoms with E-state index < -0.39 is 6.36 Å². The maximum Gasteiger partial charge on any atom is 0.573 e. The fraction of sp³-hybridized carbons (Fsp3) is 0.400. The van der Waals surface area contributed by atoms with E-state index in [1.54, 1.807) is 6.08 Å². The van der Waals surface area contributed by atoms with Crippen molar-refractivity contribution in [2.24, 2.45) is 0 Å². The van der Waals surface area contributed by atoms with Gasteiger partial charge >= 0.3 is 6.36 Å². The van der Waals surface area contributed by atoms with Crippen molar-refractivity contribution in [3.05, 3.63) is 36.0 Å². The van der Waals surface area contributed by atoms with Crippen LogP contribution in [-0.4, -0.2) is 50.0 Å². The Balaban J connectivity index is 1.67. The second-order valence-corrected chi connectivity index (χ2v) is 5.20. The van der Waals surface area contributed by atoms with Gasteiger partial charge in [0, 0.05) is 30.5 Å². The lowest BCUT2D eigenvalue weighted by Crippen LogP contribution is -2.37. The molecule has 0 saturated carbocycles. The van der Waals surface area contributed by atoms with Gasteiger partial charge in [-0.05, 0) is 24.3 Å². The van der Waals surface area contributed by atoms with Crippen LogP contribution in [0.2, 0.25) is 0 Å². The van der Waals surface area contributed by atoms with Crippen LogP contribution >= 0.6 is 0 Å². The topological polar surface area (TPSA) is 42.0 Å². The number of anilines is 1. The first-order chi connectivity index (χ1) is 10.9. The highest BCUT2D eigenvalue weighted by Gasteiger charge is 2.31. The molecule has 23 heavy (non-hydrogen) atoms. The standard InChI is InChI=1S/C15H15F3N2O3/c16-15(17,18)23-13-3-1-11(2-4-13)20-10-12(9-14(20)21)19-5-7-22-8-6-19/h1-4,9H,5-8,10H2. The second-order valence-electron chi connectivity index (χ2n) is 5.20. The predicted octanol–water partition coefficient (Wildman–Crippen LogP) is 2.15. The summed E-state index contributed by atoms with van der Waals surface area (Å²) in [7, 11) is 0. The molecule has 2 heterocycles. The van der Waals surface area contributed by atoms with E-state index in [4.69, 9.17) is 4.74 Å². The van der Waals surface area contributed by atoms with E-state index in [9.17, 15) is 18.0 Å². The molecule has 0 spiro atoms. The van der Waals surface area contributed by atoms with Gasteiger partial charge in [0.15, 0.2) is 0 Å². The third-order valence-corrected chi connectivity index (χ3v) is 3.68. The lowest BCUT2D eigenvalue weighted by atomic mass is 10.2. The molecule has 0 unspecified atom stereocenters. The van der Waals surface area contributed by atoms with Crippen molar-refractivity contribution < 1.29 is 27.4 Å². The van der Waals surface area contributed by atoms with Crippen molar-refractivity contribution in [1.82, 2.24) is 4.90 Å². The molecule has 0 bridgehead atoms. The van der Waals surface area contributed by atoms with Gasteiger partial charge in [-0.15, -0.1) is 13.2 Å². The molecule has 0 radical (unpaired) electrons. The highest BCUT2D eigenvalue weighted by molar-refractivity contribution is 6.04. The van der Waals surface area contributed by atoms with E-state index in [2.05, 4.69) is 9.64 Å². The highest BCUT2D eigenvalue weighted by atomic mass is 19.4. The Morgan fingerprint density at radius 2 is 1.74 bits per heavy atom. The van der Waals surface area contributed by atoms with Crippen LogP contribution < -0.4 is 9.64 Å². The smallest absolute Gasteiger partial charge is 0.406 e. The summed E-state index contributed by atoms with van der Waals surface area (Å²) in [5, 5.41) is 0. The molecule has 2 aliphatic heterocycles. The molecular weight excluding hydrogens is 313 g/mol. The zero-order chi connectivity index (χ0) is 16.4. The highest BCUT2D eigenvalue weighted by Crippen LogP contribution is 2.28. The van der Waals surface area contributed by atoms with E-state index >= 15 is 0 Å². The number of hydrogen-bond acceptors (Lipinski definition) is 4. The van der Waals surface area contributed by atoms with Gasteiger partial charge in [-0.3, -0.25) is 4.79 Å². The van der Waals surface area contributed by atoms with Crippen molar-refractivity contribution in [3.63, 3.8) is 0 Å². The molecule has 3 rings (SSSR count). The zero-order valence-corrected chi connectivity index (χ0v) is 12.2. The minimum Gasteiger partial charge on any atom is -0.406 e. The minimum absolute atomic E-state index is 0.184. The van der Waals surface area contributed by atoms with Crippen LogP contribution in [0.5, 0.6) is 5.75 Å². The first-order valence-electron chi connectivity index (χ1n) is 7.13. The Hall–Kier alpha value is -2.22. The number of carbonyl (C=O) groups is 1. The number of morpholine rings is 1. The van der Waals surface area contributed by atoms with Gasteiger partial charge < -0.3 is 19.3 Å². The number of rotatable bonds is 3. The van der Waals surface area contributed by atoms with E-state index in [-0.39, 0.29) is 11.7 Å².